The molecule has 0 bridgehead atoms. The monoisotopic (exact) mass is 282 g/mol. The fourth-order valence-corrected chi connectivity index (χ4v) is 1.80. The minimum absolute atomic E-state index is 0.129. The van der Waals surface area contributed by atoms with Gasteiger partial charge in [-0.3, -0.25) is 9.69 Å². The van der Waals surface area contributed by atoms with Crippen LogP contribution in [0.2, 0.25) is 5.02 Å². The molecule has 5 N–H and O–H groups in total. The maximum absolute atomic E-state index is 11.9. The molecule has 1 heterocycles. The lowest BCUT2D eigenvalue weighted by molar-refractivity contribution is -0.138. The number of likely N-dealkylation sites (N-methyl/N-ethyl adjacent to an activating group) is 1. The van der Waals surface area contributed by atoms with Gasteiger partial charge in [-0.1, -0.05) is 23.7 Å². The number of carbonyl (C=O) groups excluding carboxylic acids is 1. The summed E-state index contributed by atoms with van der Waals surface area (Å²) < 4.78 is 0. The molecule has 1 amide bonds. The fourth-order valence-electron chi connectivity index (χ4n) is 1.67. The number of hydrogen-bond donors (Lipinski definition) is 4. The van der Waals surface area contributed by atoms with Crippen molar-refractivity contribution in [1.82, 2.24) is 15.5 Å². The van der Waals surface area contributed by atoms with Crippen molar-refractivity contribution in [2.45, 2.75) is 12.9 Å². The number of nitrogens with one attached hydrogen (secondary N) is 2. The predicted octanol–water partition coefficient (Wildman–Crippen LogP) is -0.105. The third-order valence-corrected chi connectivity index (χ3v) is 3.09. The van der Waals surface area contributed by atoms with Gasteiger partial charge in [0, 0.05) is 18.6 Å². The van der Waals surface area contributed by atoms with Crippen LogP contribution in [0, 0.1) is 0 Å². The first-order valence-corrected chi connectivity index (χ1v) is 6.06. The summed E-state index contributed by atoms with van der Waals surface area (Å²) in [6.45, 7) is 0.435. The van der Waals surface area contributed by atoms with E-state index in [0.29, 0.717) is 11.6 Å². The molecule has 1 atom stereocenters. The van der Waals surface area contributed by atoms with E-state index in [4.69, 9.17) is 17.3 Å². The summed E-state index contributed by atoms with van der Waals surface area (Å²) in [5, 5.41) is 15.7. The van der Waals surface area contributed by atoms with Crippen molar-refractivity contribution in [3.8, 4) is 0 Å². The van der Waals surface area contributed by atoms with Gasteiger partial charge in [0.2, 0.25) is 6.35 Å². The molecular weight excluding hydrogens is 268 g/mol. The highest BCUT2D eigenvalue weighted by atomic mass is 35.5. The van der Waals surface area contributed by atoms with Gasteiger partial charge in [-0.2, -0.15) is 0 Å². The molecule has 7 heteroatoms. The normalized spacial score (nSPS) is 19.4. The molecule has 0 radical (unpaired) electrons. The molecule has 1 aliphatic rings. The van der Waals surface area contributed by atoms with Crippen LogP contribution in [0.1, 0.15) is 5.56 Å². The molecule has 0 aliphatic carbocycles. The molecule has 102 valence electrons. The summed E-state index contributed by atoms with van der Waals surface area (Å²) in [5.41, 5.74) is 6.89. The zero-order chi connectivity index (χ0) is 14.0. The lowest BCUT2D eigenvalue weighted by Gasteiger charge is -2.32. The van der Waals surface area contributed by atoms with Crippen LogP contribution in [0.15, 0.2) is 35.8 Å². The van der Waals surface area contributed by atoms with E-state index in [2.05, 4.69) is 10.6 Å². The number of benzene rings is 1. The summed E-state index contributed by atoms with van der Waals surface area (Å²) in [4.78, 5) is 13.1. The van der Waals surface area contributed by atoms with E-state index < -0.39 is 6.35 Å². The second-order valence-electron chi connectivity index (χ2n) is 4.20. The second kappa shape index (κ2) is 5.38. The van der Waals surface area contributed by atoms with Gasteiger partial charge in [0.1, 0.15) is 11.5 Å². The third-order valence-electron chi connectivity index (χ3n) is 2.84. The second-order valence-corrected chi connectivity index (χ2v) is 4.64. The number of hydrogen-bond acceptors (Lipinski definition) is 5. The Morgan fingerprint density at radius 3 is 2.74 bits per heavy atom. The van der Waals surface area contributed by atoms with Gasteiger partial charge in [-0.15, -0.1) is 0 Å². The molecule has 0 saturated heterocycles. The van der Waals surface area contributed by atoms with E-state index in [1.54, 1.807) is 12.1 Å². The van der Waals surface area contributed by atoms with E-state index in [1.807, 2.05) is 12.1 Å². The van der Waals surface area contributed by atoms with E-state index in [1.165, 1.54) is 7.05 Å². The van der Waals surface area contributed by atoms with Crippen molar-refractivity contribution in [3.63, 3.8) is 0 Å². The van der Waals surface area contributed by atoms with Crippen LogP contribution in [0.4, 0.5) is 0 Å². The number of rotatable bonds is 3. The van der Waals surface area contributed by atoms with Crippen LogP contribution >= 0.6 is 11.6 Å². The van der Waals surface area contributed by atoms with Crippen molar-refractivity contribution in [2.24, 2.45) is 5.73 Å². The molecular formula is C12H15ClN4O2. The Balaban J connectivity index is 2.08. The molecule has 1 aromatic rings. The zero-order valence-electron chi connectivity index (χ0n) is 10.4. The van der Waals surface area contributed by atoms with E-state index in [-0.39, 0.29) is 17.4 Å². The lowest BCUT2D eigenvalue weighted by atomic mass is 10.2. The summed E-state index contributed by atoms with van der Waals surface area (Å²) in [6.07, 6.45) is -1.10. The Labute approximate surface area is 115 Å². The Morgan fingerprint density at radius 2 is 2.11 bits per heavy atom. The van der Waals surface area contributed by atoms with E-state index >= 15 is 0 Å². The largest absolute Gasteiger partial charge is 0.384 e. The number of carbonyl (C=O) groups is 1. The maximum atomic E-state index is 11.9. The average Bonchev–Trinajstić information content (AvgIpc) is 2.38. The minimum atomic E-state index is -1.10. The minimum Gasteiger partial charge on any atom is -0.384 e. The molecule has 0 aromatic heterocycles. The predicted molar refractivity (Wildman–Crippen MR) is 71.4 cm³/mol. The van der Waals surface area contributed by atoms with Crippen LogP contribution in [-0.4, -0.2) is 29.3 Å². The molecule has 0 saturated carbocycles. The van der Waals surface area contributed by atoms with Gasteiger partial charge in [0.05, 0.1) is 0 Å². The topological polar surface area (TPSA) is 90.6 Å². The molecule has 1 aliphatic heterocycles. The standard InChI is InChI=1S/C12H15ClN4O2/c1-17-11(18)9(10(14)16-12(17)19)15-6-7-2-4-8(13)5-3-7/h2-5,12,15-16,19H,6,14H2,1H3. The van der Waals surface area contributed by atoms with Gasteiger partial charge in [-0.05, 0) is 17.7 Å². The van der Waals surface area contributed by atoms with Crippen molar-refractivity contribution >= 4 is 17.5 Å². The smallest absolute Gasteiger partial charge is 0.276 e. The highest BCUT2D eigenvalue weighted by Crippen LogP contribution is 2.12. The molecule has 1 aromatic carbocycles. The number of nitrogens with zero attached hydrogens (tertiary/aromatic N) is 1. The van der Waals surface area contributed by atoms with Crippen LogP contribution in [0.5, 0.6) is 0 Å². The highest BCUT2D eigenvalue weighted by Gasteiger charge is 2.28. The van der Waals surface area contributed by atoms with E-state index in [0.717, 1.165) is 10.5 Å². The molecule has 0 fully saturated rings. The first kappa shape index (κ1) is 13.5. The van der Waals surface area contributed by atoms with Crippen LogP contribution < -0.4 is 16.4 Å². The van der Waals surface area contributed by atoms with Crippen LogP contribution in [0.3, 0.4) is 0 Å². The lowest BCUT2D eigenvalue weighted by Crippen LogP contribution is -2.55. The molecule has 0 spiro atoms. The van der Waals surface area contributed by atoms with Gasteiger partial charge < -0.3 is 21.5 Å². The molecule has 1 unspecified atom stereocenters. The Morgan fingerprint density at radius 1 is 1.47 bits per heavy atom. The van der Waals surface area contributed by atoms with Gasteiger partial charge >= 0.3 is 0 Å². The first-order valence-electron chi connectivity index (χ1n) is 5.69. The molecule has 19 heavy (non-hydrogen) atoms. The van der Waals surface area contributed by atoms with Gasteiger partial charge in [0.25, 0.3) is 5.91 Å². The number of nitrogens with two attached hydrogens (primary N) is 1. The quantitative estimate of drug-likeness (QED) is 0.621. The third kappa shape index (κ3) is 2.91. The highest BCUT2D eigenvalue weighted by molar-refractivity contribution is 6.30. The van der Waals surface area contributed by atoms with E-state index in [9.17, 15) is 9.90 Å². The Bertz CT molecular complexity index is 515. The summed E-state index contributed by atoms with van der Waals surface area (Å²) in [7, 11) is 1.48. The average molecular weight is 283 g/mol. The van der Waals surface area contributed by atoms with Crippen molar-refractivity contribution in [2.75, 3.05) is 7.05 Å². The Kier molecular flexibility index (Phi) is 3.82. The molecule has 6 nitrogen and oxygen atoms in total. The summed E-state index contributed by atoms with van der Waals surface area (Å²) in [6, 6.07) is 7.25. The summed E-state index contributed by atoms with van der Waals surface area (Å²) >= 11 is 5.79. The zero-order valence-corrected chi connectivity index (χ0v) is 11.1. The van der Waals surface area contributed by atoms with Gasteiger partial charge in [0.15, 0.2) is 0 Å². The Hall–Kier alpha value is -1.92. The van der Waals surface area contributed by atoms with Gasteiger partial charge in [-0.25, -0.2) is 0 Å². The fraction of sp³-hybridized carbons (Fsp3) is 0.250. The van der Waals surface area contributed by atoms with Crippen molar-refractivity contribution < 1.29 is 9.90 Å². The first-order chi connectivity index (χ1) is 8.99. The number of halogens is 1. The number of aliphatic hydroxyl groups is 1. The number of amides is 1. The van der Waals surface area contributed by atoms with Crippen molar-refractivity contribution in [3.05, 3.63) is 46.4 Å². The van der Waals surface area contributed by atoms with Crippen LogP contribution in [0.25, 0.3) is 0 Å². The molecule has 2 rings (SSSR count). The SMILES string of the molecule is CN1C(=O)C(NCc2ccc(Cl)cc2)=C(N)NC1O. The number of aliphatic hydroxyl groups excluding tert-OH is 1. The van der Waals surface area contributed by atoms with Crippen LogP contribution in [-0.2, 0) is 11.3 Å². The summed E-state index contributed by atoms with van der Waals surface area (Å²) in [5.74, 6) is -0.234. The maximum Gasteiger partial charge on any atom is 0.276 e. The van der Waals surface area contributed by atoms with Crippen molar-refractivity contribution in [1.29, 1.82) is 0 Å².